The molecule has 0 unspecified atom stereocenters. The summed E-state index contributed by atoms with van der Waals surface area (Å²) in [6.45, 7) is 0.562. The van der Waals surface area contributed by atoms with E-state index in [0.29, 0.717) is 27.6 Å². The predicted molar refractivity (Wildman–Crippen MR) is 92.5 cm³/mol. The molecule has 2 heterocycles. The first-order valence-electron chi connectivity index (χ1n) is 7.17. The molecule has 0 amide bonds. The van der Waals surface area contributed by atoms with Gasteiger partial charge < -0.3 is 10.1 Å². The summed E-state index contributed by atoms with van der Waals surface area (Å²) in [5.74, 6) is 1.39. The van der Waals surface area contributed by atoms with Crippen LogP contribution in [-0.4, -0.2) is 17.1 Å². The van der Waals surface area contributed by atoms with Crippen LogP contribution in [0.4, 0.5) is 14.6 Å². The van der Waals surface area contributed by atoms with Gasteiger partial charge in [0.2, 0.25) is 0 Å². The van der Waals surface area contributed by atoms with Crippen LogP contribution in [-0.2, 0) is 6.54 Å². The molecule has 0 atom stereocenters. The molecule has 4 nitrogen and oxygen atoms in total. The van der Waals surface area contributed by atoms with E-state index in [0.717, 1.165) is 11.3 Å². The van der Waals surface area contributed by atoms with Crippen LogP contribution in [0, 0.1) is 0 Å². The van der Waals surface area contributed by atoms with Crippen molar-refractivity contribution in [3.8, 4) is 5.75 Å². The maximum absolute atomic E-state index is 13.0. The molecule has 3 rings (SSSR count). The van der Waals surface area contributed by atoms with E-state index >= 15 is 0 Å². The number of ether oxygens (including phenoxy) is 1. The molecular formula is C17H14BrF2N3O. The highest BCUT2D eigenvalue weighted by atomic mass is 79.9. The Morgan fingerprint density at radius 3 is 2.54 bits per heavy atom. The molecule has 124 valence electrons. The molecule has 0 aliphatic rings. The zero-order valence-electron chi connectivity index (χ0n) is 12.8. The monoisotopic (exact) mass is 393 g/mol. The average molecular weight is 394 g/mol. The fourth-order valence-electron chi connectivity index (χ4n) is 2.33. The number of anilines is 1. The Kier molecular flexibility index (Phi) is 4.89. The summed E-state index contributed by atoms with van der Waals surface area (Å²) in [6, 6.07) is 9.38. The predicted octanol–water partition coefficient (Wildman–Crippen LogP) is 4.95. The number of pyridine rings is 2. The lowest BCUT2D eigenvalue weighted by molar-refractivity contribution is 0.148. The van der Waals surface area contributed by atoms with Crippen molar-refractivity contribution in [2.75, 3.05) is 12.4 Å². The highest BCUT2D eigenvalue weighted by Gasteiger charge is 2.15. The molecule has 0 bridgehead atoms. The second-order valence-electron chi connectivity index (χ2n) is 5.11. The molecule has 0 saturated heterocycles. The number of hydrogen-bond acceptors (Lipinski definition) is 4. The summed E-state index contributed by atoms with van der Waals surface area (Å²) >= 11 is 3.35. The minimum Gasteiger partial charge on any atom is -0.497 e. The molecule has 0 aliphatic carbocycles. The molecule has 1 aromatic carbocycles. The SMILES string of the molecule is COc1ccc(CNc2cc3c(Br)cnc(C(F)F)c3cn2)cc1. The van der Waals surface area contributed by atoms with Crippen molar-refractivity contribution < 1.29 is 13.5 Å². The van der Waals surface area contributed by atoms with E-state index in [9.17, 15) is 8.78 Å². The lowest BCUT2D eigenvalue weighted by atomic mass is 10.1. The lowest BCUT2D eigenvalue weighted by Crippen LogP contribution is -2.02. The number of benzene rings is 1. The third kappa shape index (κ3) is 3.46. The van der Waals surface area contributed by atoms with Gasteiger partial charge in [-0.25, -0.2) is 13.8 Å². The number of methoxy groups -OCH3 is 1. The van der Waals surface area contributed by atoms with Gasteiger partial charge in [0, 0.05) is 34.2 Å². The quantitative estimate of drug-likeness (QED) is 0.665. The number of fused-ring (bicyclic) bond motifs is 1. The number of nitrogens with one attached hydrogen (secondary N) is 1. The molecule has 0 saturated carbocycles. The molecule has 1 N–H and O–H groups in total. The van der Waals surface area contributed by atoms with Crippen molar-refractivity contribution in [3.63, 3.8) is 0 Å². The molecule has 0 spiro atoms. The van der Waals surface area contributed by atoms with E-state index in [1.807, 2.05) is 24.3 Å². The number of alkyl halides is 2. The largest absolute Gasteiger partial charge is 0.497 e. The fraction of sp³-hybridized carbons (Fsp3) is 0.176. The summed E-state index contributed by atoms with van der Waals surface area (Å²) in [5.41, 5.74) is 0.794. The van der Waals surface area contributed by atoms with Crippen LogP contribution in [0.3, 0.4) is 0 Å². The van der Waals surface area contributed by atoms with E-state index < -0.39 is 6.43 Å². The van der Waals surface area contributed by atoms with Crippen LogP contribution in [0.2, 0.25) is 0 Å². The van der Waals surface area contributed by atoms with E-state index in [1.165, 1.54) is 12.4 Å². The van der Waals surface area contributed by atoms with Crippen molar-refractivity contribution in [3.05, 3.63) is 58.5 Å². The number of hydrogen-bond donors (Lipinski definition) is 1. The first kappa shape index (κ1) is 16.6. The minimum atomic E-state index is -2.64. The molecule has 7 heteroatoms. The average Bonchev–Trinajstić information content (AvgIpc) is 2.60. The maximum Gasteiger partial charge on any atom is 0.281 e. The van der Waals surface area contributed by atoms with Crippen molar-refractivity contribution in [2.24, 2.45) is 0 Å². The summed E-state index contributed by atoms with van der Waals surface area (Å²) < 4.78 is 31.8. The van der Waals surface area contributed by atoms with Gasteiger partial charge in [-0.2, -0.15) is 0 Å². The van der Waals surface area contributed by atoms with Crippen molar-refractivity contribution >= 4 is 32.5 Å². The smallest absolute Gasteiger partial charge is 0.281 e. The van der Waals surface area contributed by atoms with E-state index in [-0.39, 0.29) is 5.69 Å². The van der Waals surface area contributed by atoms with Crippen LogP contribution in [0.1, 0.15) is 17.7 Å². The molecule has 0 radical (unpaired) electrons. The van der Waals surface area contributed by atoms with Crippen LogP contribution >= 0.6 is 15.9 Å². The number of halogens is 3. The van der Waals surface area contributed by atoms with Gasteiger partial charge in [0.15, 0.2) is 0 Å². The Labute approximate surface area is 146 Å². The lowest BCUT2D eigenvalue weighted by Gasteiger charge is -2.10. The van der Waals surface area contributed by atoms with E-state index in [1.54, 1.807) is 13.2 Å². The molecule has 0 fully saturated rings. The van der Waals surface area contributed by atoms with Gasteiger partial charge in [0.25, 0.3) is 6.43 Å². The number of rotatable bonds is 5. The van der Waals surface area contributed by atoms with Gasteiger partial charge in [-0.05, 0) is 39.7 Å². The Morgan fingerprint density at radius 2 is 1.88 bits per heavy atom. The summed E-state index contributed by atoms with van der Waals surface area (Å²) in [6.07, 6.45) is 0.169. The van der Waals surface area contributed by atoms with Gasteiger partial charge >= 0.3 is 0 Å². The number of aromatic nitrogens is 2. The highest BCUT2D eigenvalue weighted by molar-refractivity contribution is 9.10. The van der Waals surface area contributed by atoms with Crippen molar-refractivity contribution in [1.82, 2.24) is 9.97 Å². The normalized spacial score (nSPS) is 11.0. The van der Waals surface area contributed by atoms with Crippen LogP contribution < -0.4 is 10.1 Å². The van der Waals surface area contributed by atoms with Gasteiger partial charge in [0.1, 0.15) is 17.3 Å². The Balaban J connectivity index is 1.83. The van der Waals surface area contributed by atoms with Crippen LogP contribution in [0.25, 0.3) is 10.8 Å². The highest BCUT2D eigenvalue weighted by Crippen LogP contribution is 2.31. The van der Waals surface area contributed by atoms with Crippen LogP contribution in [0.5, 0.6) is 5.75 Å². The zero-order chi connectivity index (χ0) is 17.1. The van der Waals surface area contributed by atoms with Gasteiger partial charge in [-0.3, -0.25) is 4.98 Å². The third-order valence-corrected chi connectivity index (χ3v) is 4.23. The Morgan fingerprint density at radius 1 is 1.12 bits per heavy atom. The Hall–Kier alpha value is -2.28. The second kappa shape index (κ2) is 7.09. The first-order valence-corrected chi connectivity index (χ1v) is 7.97. The third-order valence-electron chi connectivity index (χ3n) is 3.59. The summed E-state index contributed by atoms with van der Waals surface area (Å²) in [5, 5.41) is 4.17. The summed E-state index contributed by atoms with van der Waals surface area (Å²) in [4.78, 5) is 7.99. The minimum absolute atomic E-state index is 0.262. The van der Waals surface area contributed by atoms with Crippen molar-refractivity contribution in [2.45, 2.75) is 13.0 Å². The molecule has 24 heavy (non-hydrogen) atoms. The summed E-state index contributed by atoms with van der Waals surface area (Å²) in [7, 11) is 1.62. The standard InChI is InChI=1S/C17H14BrF2N3O/c1-24-11-4-2-10(3-5-11)7-21-15-6-12-13(8-22-15)16(17(19)20)23-9-14(12)18/h2-6,8-9,17H,7H2,1H3,(H,21,22). The van der Waals surface area contributed by atoms with Crippen molar-refractivity contribution in [1.29, 1.82) is 0 Å². The maximum atomic E-state index is 13.0. The number of nitrogens with zero attached hydrogens (tertiary/aromatic N) is 2. The topological polar surface area (TPSA) is 47.0 Å². The van der Waals surface area contributed by atoms with Gasteiger partial charge in [-0.15, -0.1) is 0 Å². The van der Waals surface area contributed by atoms with Gasteiger partial charge in [-0.1, -0.05) is 12.1 Å². The molecule has 3 aromatic rings. The van der Waals surface area contributed by atoms with Crippen LogP contribution in [0.15, 0.2) is 47.2 Å². The van der Waals surface area contributed by atoms with E-state index in [2.05, 4.69) is 31.2 Å². The van der Waals surface area contributed by atoms with Gasteiger partial charge in [0.05, 0.1) is 7.11 Å². The fourth-order valence-corrected chi connectivity index (χ4v) is 2.76. The second-order valence-corrected chi connectivity index (χ2v) is 5.96. The first-order chi connectivity index (χ1) is 11.6. The molecular weight excluding hydrogens is 380 g/mol. The zero-order valence-corrected chi connectivity index (χ0v) is 14.3. The van der Waals surface area contributed by atoms with E-state index in [4.69, 9.17) is 4.74 Å². The molecule has 0 aliphatic heterocycles. The Bertz CT molecular complexity index is 856. The molecule has 2 aromatic heterocycles.